The van der Waals surface area contributed by atoms with Crippen LogP contribution in [0.4, 0.5) is 8.78 Å². The third-order valence-electron chi connectivity index (χ3n) is 6.69. The zero-order valence-corrected chi connectivity index (χ0v) is 23.7. The van der Waals surface area contributed by atoms with E-state index in [4.69, 9.17) is 11.6 Å². The Balaban J connectivity index is 1.89. The van der Waals surface area contributed by atoms with Crippen LogP contribution < -0.4 is 0 Å². The average Bonchev–Trinajstić information content (AvgIpc) is 3.31. The molecule has 0 amide bonds. The van der Waals surface area contributed by atoms with E-state index in [0.717, 1.165) is 6.26 Å². The molecule has 0 fully saturated rings. The lowest BCUT2D eigenvalue weighted by atomic mass is 9.83. The van der Waals surface area contributed by atoms with Crippen molar-refractivity contribution in [1.82, 2.24) is 9.55 Å². The van der Waals surface area contributed by atoms with Crippen molar-refractivity contribution in [2.45, 2.75) is 50.2 Å². The van der Waals surface area contributed by atoms with Gasteiger partial charge in [0.2, 0.25) is 0 Å². The van der Waals surface area contributed by atoms with E-state index < -0.39 is 39.1 Å². The molecule has 0 aliphatic heterocycles. The number of hydrogen-bond donors (Lipinski definition) is 2. The van der Waals surface area contributed by atoms with Crippen LogP contribution in [-0.2, 0) is 27.5 Å². The molecule has 4 aromatic rings. The highest BCUT2D eigenvalue weighted by Gasteiger charge is 2.35. The van der Waals surface area contributed by atoms with Gasteiger partial charge < -0.3 is 10.2 Å². The molecule has 0 atom stereocenters. The van der Waals surface area contributed by atoms with Crippen molar-refractivity contribution in [3.63, 3.8) is 0 Å². The monoisotopic (exact) mass is 574 g/mol. The van der Waals surface area contributed by atoms with Gasteiger partial charge in [-0.25, -0.2) is 22.2 Å². The maximum Gasteiger partial charge on any atom is 0.175 e. The minimum Gasteiger partial charge on any atom is -0.392 e. The summed E-state index contributed by atoms with van der Waals surface area (Å²) in [4.78, 5) is 4.60. The number of aliphatic hydroxyl groups excluding tert-OH is 1. The second-order valence-electron chi connectivity index (χ2n) is 10.5. The zero-order chi connectivity index (χ0) is 28.9. The van der Waals surface area contributed by atoms with Crippen LogP contribution >= 0.6 is 11.6 Å². The van der Waals surface area contributed by atoms with Gasteiger partial charge in [-0.1, -0.05) is 41.9 Å². The van der Waals surface area contributed by atoms with Crippen molar-refractivity contribution >= 4 is 21.4 Å². The van der Waals surface area contributed by atoms with Crippen LogP contribution in [0, 0.1) is 11.6 Å². The summed E-state index contributed by atoms with van der Waals surface area (Å²) in [5.74, 6) is -0.911. The topological polar surface area (TPSA) is 92.4 Å². The number of sulfone groups is 1. The van der Waals surface area contributed by atoms with Crippen molar-refractivity contribution < 1.29 is 27.4 Å². The summed E-state index contributed by atoms with van der Waals surface area (Å²) in [5, 5.41) is 20.1. The lowest BCUT2D eigenvalue weighted by Crippen LogP contribution is -2.25. The predicted octanol–water partition coefficient (Wildman–Crippen LogP) is 5.92. The molecule has 0 saturated carbocycles. The van der Waals surface area contributed by atoms with Crippen LogP contribution in [0.3, 0.4) is 0 Å². The van der Waals surface area contributed by atoms with Crippen LogP contribution in [0.15, 0.2) is 65.7 Å². The second-order valence-corrected chi connectivity index (χ2v) is 12.9. The molecule has 0 unspecified atom stereocenters. The van der Waals surface area contributed by atoms with E-state index in [2.05, 4.69) is 4.98 Å². The van der Waals surface area contributed by atoms with Crippen LogP contribution in [0.2, 0.25) is 5.02 Å². The Bertz CT molecular complexity index is 1680. The fourth-order valence-corrected chi connectivity index (χ4v) is 5.81. The minimum absolute atomic E-state index is 0.0348. The molecule has 1 heterocycles. The largest absolute Gasteiger partial charge is 0.392 e. The number of benzene rings is 3. The molecule has 0 radical (unpaired) electrons. The Morgan fingerprint density at radius 1 is 0.974 bits per heavy atom. The number of nitrogens with zero attached hydrogens (tertiary/aromatic N) is 2. The second kappa shape index (κ2) is 10.1. The van der Waals surface area contributed by atoms with Crippen molar-refractivity contribution in [2.24, 2.45) is 0 Å². The number of aliphatic hydroxyl groups is 2. The highest BCUT2D eigenvalue weighted by atomic mass is 35.5. The van der Waals surface area contributed by atoms with Crippen LogP contribution in [0.5, 0.6) is 0 Å². The van der Waals surface area contributed by atoms with Crippen LogP contribution in [0.25, 0.3) is 16.8 Å². The van der Waals surface area contributed by atoms with Gasteiger partial charge in [0.1, 0.15) is 23.1 Å². The standard InChI is InChI=1S/C29H29ClF2N2O4S/c1-28(2,20-7-6-8-21(31)26(20)30)27-33-25(29(3,4)36)15-34(27)23-12-11-17(13-22(23)32)18-9-10-19(16-35)24(14-18)39(5,37)38/h6-15,35-36H,16H2,1-5H3. The number of rotatable bonds is 7. The van der Waals surface area contributed by atoms with Gasteiger partial charge in [-0.2, -0.15) is 0 Å². The van der Waals surface area contributed by atoms with E-state index in [1.807, 2.05) is 0 Å². The molecule has 0 bridgehead atoms. The number of imidazole rings is 1. The molecule has 10 heteroatoms. The van der Waals surface area contributed by atoms with Crippen molar-refractivity contribution in [1.29, 1.82) is 0 Å². The quantitative estimate of drug-likeness (QED) is 0.286. The minimum atomic E-state index is -3.63. The van der Waals surface area contributed by atoms with Gasteiger partial charge >= 0.3 is 0 Å². The molecule has 1 aromatic heterocycles. The lowest BCUT2D eigenvalue weighted by Gasteiger charge is -2.27. The molecule has 0 spiro atoms. The molecule has 6 nitrogen and oxygen atoms in total. The fraction of sp³-hybridized carbons (Fsp3) is 0.276. The number of hydrogen-bond acceptors (Lipinski definition) is 5. The van der Waals surface area contributed by atoms with E-state index >= 15 is 4.39 Å². The normalized spacial score (nSPS) is 12.7. The van der Waals surface area contributed by atoms with Gasteiger partial charge in [0, 0.05) is 17.9 Å². The first kappa shape index (κ1) is 28.9. The molecule has 206 valence electrons. The van der Waals surface area contributed by atoms with Crippen molar-refractivity contribution in [3.05, 3.63) is 100 Å². The number of halogens is 3. The highest BCUT2D eigenvalue weighted by molar-refractivity contribution is 7.90. The summed E-state index contributed by atoms with van der Waals surface area (Å²) < 4.78 is 56.1. The first-order chi connectivity index (χ1) is 18.1. The predicted molar refractivity (Wildman–Crippen MR) is 147 cm³/mol. The molecule has 4 rings (SSSR count). The summed E-state index contributed by atoms with van der Waals surface area (Å²) in [7, 11) is -3.63. The van der Waals surface area contributed by atoms with Crippen molar-refractivity contribution in [2.75, 3.05) is 6.26 Å². The average molecular weight is 575 g/mol. The first-order valence-corrected chi connectivity index (χ1v) is 14.3. The van der Waals surface area contributed by atoms with Gasteiger partial charge in [0.05, 0.1) is 27.9 Å². The molecular weight excluding hydrogens is 546 g/mol. The van der Waals surface area contributed by atoms with Crippen LogP contribution in [-0.4, -0.2) is 34.4 Å². The summed E-state index contributed by atoms with van der Waals surface area (Å²) in [5.41, 5.74) is -0.402. The fourth-order valence-electron chi connectivity index (χ4n) is 4.50. The third-order valence-corrected chi connectivity index (χ3v) is 8.26. The summed E-state index contributed by atoms with van der Waals surface area (Å²) in [6.07, 6.45) is 2.57. The molecule has 2 N–H and O–H groups in total. The zero-order valence-electron chi connectivity index (χ0n) is 22.1. The van der Waals surface area contributed by atoms with Gasteiger partial charge in [0.25, 0.3) is 0 Å². The van der Waals surface area contributed by atoms with Gasteiger partial charge in [-0.15, -0.1) is 0 Å². The van der Waals surface area contributed by atoms with E-state index in [1.165, 1.54) is 47.2 Å². The Hall–Kier alpha value is -3.11. The Labute approximate surface area is 231 Å². The Morgan fingerprint density at radius 2 is 1.62 bits per heavy atom. The molecule has 3 aromatic carbocycles. The van der Waals surface area contributed by atoms with Crippen LogP contribution in [0.1, 0.15) is 50.3 Å². The molecule has 0 saturated heterocycles. The summed E-state index contributed by atoms with van der Waals surface area (Å²) in [6.45, 7) is 6.22. The van der Waals surface area contributed by atoms with E-state index in [1.54, 1.807) is 45.9 Å². The molecule has 39 heavy (non-hydrogen) atoms. The molecule has 0 aliphatic rings. The SMILES string of the molecule is CC(C)(O)c1cn(-c2ccc(-c3ccc(CO)c(S(C)(=O)=O)c3)cc2F)c(C(C)(C)c2cccc(F)c2Cl)n1. The van der Waals surface area contributed by atoms with Crippen molar-refractivity contribution in [3.8, 4) is 16.8 Å². The van der Waals surface area contributed by atoms with Gasteiger partial charge in [0.15, 0.2) is 9.84 Å². The Morgan fingerprint density at radius 3 is 2.21 bits per heavy atom. The number of aromatic nitrogens is 2. The highest BCUT2D eigenvalue weighted by Crippen LogP contribution is 2.39. The third kappa shape index (κ3) is 5.49. The van der Waals surface area contributed by atoms with Gasteiger partial charge in [-0.3, -0.25) is 4.57 Å². The van der Waals surface area contributed by atoms with E-state index in [0.29, 0.717) is 22.5 Å². The van der Waals surface area contributed by atoms with Gasteiger partial charge in [-0.05, 0) is 74.2 Å². The van der Waals surface area contributed by atoms with E-state index in [9.17, 15) is 23.0 Å². The Kier molecular flexibility index (Phi) is 7.50. The maximum absolute atomic E-state index is 15.8. The summed E-state index contributed by atoms with van der Waals surface area (Å²) >= 11 is 6.31. The van der Waals surface area contributed by atoms with E-state index in [-0.39, 0.29) is 26.9 Å². The first-order valence-electron chi connectivity index (χ1n) is 12.1. The summed E-state index contributed by atoms with van der Waals surface area (Å²) in [6, 6.07) is 13.4. The smallest absolute Gasteiger partial charge is 0.175 e. The molecule has 0 aliphatic carbocycles. The maximum atomic E-state index is 15.8. The lowest BCUT2D eigenvalue weighted by molar-refractivity contribution is 0.0740. The molecular formula is C29H29ClF2N2O4S.